The molecule has 1 N–H and O–H groups in total. The molecule has 94 valence electrons. The third kappa shape index (κ3) is 3.74. The normalized spacial score (nSPS) is 13.5. The first-order valence-electron chi connectivity index (χ1n) is 6.85. The van der Waals surface area contributed by atoms with Crippen LogP contribution in [0.3, 0.4) is 0 Å². The summed E-state index contributed by atoms with van der Waals surface area (Å²) in [4.78, 5) is 0. The zero-order chi connectivity index (χ0) is 11.9. The van der Waals surface area contributed by atoms with E-state index < -0.39 is 0 Å². The Hall–Kier alpha value is -1.02. The van der Waals surface area contributed by atoms with Gasteiger partial charge in [-0.3, -0.25) is 0 Å². The summed E-state index contributed by atoms with van der Waals surface area (Å²) in [5.41, 5.74) is 2.86. The molecule has 1 aromatic carbocycles. The van der Waals surface area contributed by atoms with Crippen LogP contribution in [-0.4, -0.2) is 19.7 Å². The van der Waals surface area contributed by atoms with Gasteiger partial charge in [0.1, 0.15) is 5.75 Å². The number of unbranched alkanes of at least 4 members (excludes halogenated alkanes) is 1. The smallest absolute Gasteiger partial charge is 0.122 e. The van der Waals surface area contributed by atoms with Crippen LogP contribution in [0.2, 0.25) is 0 Å². The quantitative estimate of drug-likeness (QED) is 0.731. The lowest BCUT2D eigenvalue weighted by Crippen LogP contribution is -2.15. The summed E-state index contributed by atoms with van der Waals surface area (Å²) >= 11 is 0. The van der Waals surface area contributed by atoms with Crippen LogP contribution < -0.4 is 10.1 Å². The standard InChI is InChI=1S/C15H23NO/c1-2-9-16-10-4-3-5-13-6-7-15-14(12-13)8-11-17-15/h6-7,12,16H,2-5,8-11H2,1H3. The molecule has 2 rings (SSSR count). The summed E-state index contributed by atoms with van der Waals surface area (Å²) in [5.74, 6) is 1.10. The van der Waals surface area contributed by atoms with E-state index in [0.29, 0.717) is 0 Å². The first-order valence-corrected chi connectivity index (χ1v) is 6.85. The second-order valence-electron chi connectivity index (χ2n) is 4.75. The number of rotatable bonds is 7. The fourth-order valence-electron chi connectivity index (χ4n) is 2.28. The number of aryl methyl sites for hydroxylation is 1. The van der Waals surface area contributed by atoms with Crippen molar-refractivity contribution in [1.29, 1.82) is 0 Å². The Balaban J connectivity index is 1.69. The molecule has 17 heavy (non-hydrogen) atoms. The fraction of sp³-hybridized carbons (Fsp3) is 0.600. The second-order valence-corrected chi connectivity index (χ2v) is 4.75. The first-order chi connectivity index (χ1) is 8.40. The van der Waals surface area contributed by atoms with Crippen LogP contribution in [0.15, 0.2) is 18.2 Å². The van der Waals surface area contributed by atoms with Gasteiger partial charge in [0.15, 0.2) is 0 Å². The topological polar surface area (TPSA) is 21.3 Å². The zero-order valence-electron chi connectivity index (χ0n) is 10.8. The van der Waals surface area contributed by atoms with E-state index in [2.05, 4.69) is 30.4 Å². The number of hydrogen-bond acceptors (Lipinski definition) is 2. The largest absolute Gasteiger partial charge is 0.493 e. The van der Waals surface area contributed by atoms with Crippen molar-refractivity contribution in [2.24, 2.45) is 0 Å². The molecule has 0 aromatic heterocycles. The highest BCUT2D eigenvalue weighted by Gasteiger charge is 2.11. The minimum atomic E-state index is 0.861. The monoisotopic (exact) mass is 233 g/mol. The van der Waals surface area contributed by atoms with Gasteiger partial charge in [-0.05, 0) is 56.0 Å². The number of fused-ring (bicyclic) bond motifs is 1. The summed E-state index contributed by atoms with van der Waals surface area (Å²) in [6.07, 6.45) is 6.05. The van der Waals surface area contributed by atoms with E-state index >= 15 is 0 Å². The molecule has 0 spiro atoms. The van der Waals surface area contributed by atoms with Gasteiger partial charge in [-0.1, -0.05) is 19.1 Å². The lowest BCUT2D eigenvalue weighted by Gasteiger charge is -2.05. The SMILES string of the molecule is CCCNCCCCc1ccc2c(c1)CCO2. The van der Waals surface area contributed by atoms with Gasteiger partial charge in [0, 0.05) is 6.42 Å². The van der Waals surface area contributed by atoms with Crippen molar-refractivity contribution < 1.29 is 4.74 Å². The Labute approximate surface area is 104 Å². The molecular weight excluding hydrogens is 210 g/mol. The lowest BCUT2D eigenvalue weighted by atomic mass is 10.0. The van der Waals surface area contributed by atoms with E-state index in [4.69, 9.17) is 4.74 Å². The van der Waals surface area contributed by atoms with Crippen LogP contribution in [0.4, 0.5) is 0 Å². The lowest BCUT2D eigenvalue weighted by molar-refractivity contribution is 0.357. The van der Waals surface area contributed by atoms with Gasteiger partial charge in [0.2, 0.25) is 0 Å². The van der Waals surface area contributed by atoms with E-state index in [9.17, 15) is 0 Å². The minimum Gasteiger partial charge on any atom is -0.493 e. The zero-order valence-corrected chi connectivity index (χ0v) is 10.8. The van der Waals surface area contributed by atoms with Crippen molar-refractivity contribution >= 4 is 0 Å². The van der Waals surface area contributed by atoms with Crippen molar-refractivity contribution in [3.63, 3.8) is 0 Å². The van der Waals surface area contributed by atoms with Gasteiger partial charge in [-0.25, -0.2) is 0 Å². The molecule has 2 nitrogen and oxygen atoms in total. The Morgan fingerprint density at radius 1 is 1.24 bits per heavy atom. The van der Waals surface area contributed by atoms with E-state index in [0.717, 1.165) is 31.9 Å². The highest BCUT2D eigenvalue weighted by Crippen LogP contribution is 2.26. The van der Waals surface area contributed by atoms with Gasteiger partial charge in [-0.2, -0.15) is 0 Å². The van der Waals surface area contributed by atoms with Crippen molar-refractivity contribution in [3.8, 4) is 5.75 Å². The van der Waals surface area contributed by atoms with Gasteiger partial charge in [0.25, 0.3) is 0 Å². The molecule has 0 radical (unpaired) electrons. The summed E-state index contributed by atoms with van der Waals surface area (Å²) in [6, 6.07) is 6.67. The highest BCUT2D eigenvalue weighted by atomic mass is 16.5. The van der Waals surface area contributed by atoms with Crippen molar-refractivity contribution in [2.45, 2.75) is 39.0 Å². The first kappa shape index (κ1) is 12.4. The predicted octanol–water partition coefficient (Wildman–Crippen LogP) is 2.94. The van der Waals surface area contributed by atoms with Crippen molar-refractivity contribution in [2.75, 3.05) is 19.7 Å². The highest BCUT2D eigenvalue weighted by molar-refractivity contribution is 5.39. The molecule has 0 saturated heterocycles. The van der Waals surface area contributed by atoms with E-state index in [1.54, 1.807) is 0 Å². The van der Waals surface area contributed by atoms with Gasteiger partial charge >= 0.3 is 0 Å². The second kappa shape index (κ2) is 6.65. The molecule has 0 unspecified atom stereocenters. The molecule has 1 aliphatic rings. The maximum Gasteiger partial charge on any atom is 0.122 e. The average molecular weight is 233 g/mol. The summed E-state index contributed by atoms with van der Waals surface area (Å²) in [5, 5.41) is 3.44. The van der Waals surface area contributed by atoms with Gasteiger partial charge < -0.3 is 10.1 Å². The Kier molecular flexibility index (Phi) is 4.87. The molecule has 0 amide bonds. The molecule has 0 fully saturated rings. The Morgan fingerprint density at radius 3 is 3.06 bits per heavy atom. The summed E-state index contributed by atoms with van der Waals surface area (Å²) < 4.78 is 5.51. The number of hydrogen-bond donors (Lipinski definition) is 1. The number of nitrogens with one attached hydrogen (secondary N) is 1. The molecule has 1 aliphatic heterocycles. The van der Waals surface area contributed by atoms with Gasteiger partial charge in [0.05, 0.1) is 6.61 Å². The van der Waals surface area contributed by atoms with E-state index in [1.807, 2.05) is 0 Å². The third-order valence-electron chi connectivity index (χ3n) is 3.25. The van der Waals surface area contributed by atoms with Crippen molar-refractivity contribution in [3.05, 3.63) is 29.3 Å². The average Bonchev–Trinajstić information content (AvgIpc) is 2.81. The predicted molar refractivity (Wildman–Crippen MR) is 71.7 cm³/mol. The Bertz CT molecular complexity index is 349. The maximum absolute atomic E-state index is 5.51. The molecule has 0 bridgehead atoms. The molecule has 2 heteroatoms. The molecular formula is C15H23NO. The van der Waals surface area contributed by atoms with Crippen LogP contribution in [0.1, 0.15) is 37.3 Å². The number of ether oxygens (including phenoxy) is 1. The molecule has 0 aliphatic carbocycles. The maximum atomic E-state index is 5.51. The van der Waals surface area contributed by atoms with Crippen LogP contribution >= 0.6 is 0 Å². The van der Waals surface area contributed by atoms with Crippen LogP contribution in [-0.2, 0) is 12.8 Å². The fourth-order valence-corrected chi connectivity index (χ4v) is 2.28. The minimum absolute atomic E-state index is 0.861. The Morgan fingerprint density at radius 2 is 2.18 bits per heavy atom. The molecule has 0 atom stereocenters. The summed E-state index contributed by atoms with van der Waals surface area (Å²) in [7, 11) is 0. The van der Waals surface area contributed by atoms with Crippen LogP contribution in [0.5, 0.6) is 5.75 Å². The third-order valence-corrected chi connectivity index (χ3v) is 3.25. The molecule has 0 saturated carbocycles. The van der Waals surface area contributed by atoms with E-state index in [-0.39, 0.29) is 0 Å². The van der Waals surface area contributed by atoms with Crippen molar-refractivity contribution in [1.82, 2.24) is 5.32 Å². The molecule has 1 aromatic rings. The number of benzene rings is 1. The van der Waals surface area contributed by atoms with Crippen LogP contribution in [0.25, 0.3) is 0 Å². The van der Waals surface area contributed by atoms with Crippen LogP contribution in [0, 0.1) is 0 Å². The molecule has 1 heterocycles. The summed E-state index contributed by atoms with van der Waals surface area (Å²) in [6.45, 7) is 5.37. The van der Waals surface area contributed by atoms with Gasteiger partial charge in [-0.15, -0.1) is 0 Å². The van der Waals surface area contributed by atoms with E-state index in [1.165, 1.54) is 36.8 Å².